The molecule has 0 saturated heterocycles. The molecule has 0 aliphatic heterocycles. The zero-order valence-electron chi connectivity index (χ0n) is 16.8. The first-order valence-electron chi connectivity index (χ1n) is 9.76. The van der Waals surface area contributed by atoms with E-state index < -0.39 is 0 Å². The molecule has 2 aromatic carbocycles. The fourth-order valence-corrected chi connectivity index (χ4v) is 4.61. The van der Waals surface area contributed by atoms with E-state index in [1.165, 1.54) is 19.3 Å². The van der Waals surface area contributed by atoms with Crippen LogP contribution in [0.1, 0.15) is 61.0 Å². The van der Waals surface area contributed by atoms with Crippen LogP contribution in [0.25, 0.3) is 0 Å². The van der Waals surface area contributed by atoms with Crippen LogP contribution in [0.3, 0.4) is 0 Å². The second-order valence-corrected chi connectivity index (χ2v) is 8.74. The molecular formula is C23H31ClLiO2P. The van der Waals surface area contributed by atoms with Crippen molar-refractivity contribution in [3.05, 3.63) is 58.1 Å². The van der Waals surface area contributed by atoms with Crippen molar-refractivity contribution in [1.29, 1.82) is 0 Å². The number of ether oxygens (including phenoxy) is 1. The van der Waals surface area contributed by atoms with Crippen LogP contribution in [0, 0.1) is 19.8 Å². The van der Waals surface area contributed by atoms with Crippen LogP contribution in [0.5, 0.6) is 5.75 Å². The number of hydrogen-bond donors (Lipinski definition) is 0. The third-order valence-electron chi connectivity index (χ3n) is 4.92. The van der Waals surface area contributed by atoms with Crippen molar-refractivity contribution in [3.63, 3.8) is 0 Å². The fraction of sp³-hybridized carbons (Fsp3) is 0.435. The van der Waals surface area contributed by atoms with E-state index in [4.69, 9.17) is 16.3 Å². The predicted octanol–water partition coefficient (Wildman–Crippen LogP) is 6.05. The van der Waals surface area contributed by atoms with Crippen molar-refractivity contribution in [2.45, 2.75) is 53.4 Å². The standard InChI is InChI=1S/C23H30ClO2P.Li.H/c1-5-7-10-18(6-2)15-26-19-12-13-21(17(4)14-19)27-23(25)22-16(3)9-8-11-20(22)24;;/h8-9,11-14,18,27H,5-7,10,15H2,1-4H3;;. The number of benzene rings is 2. The van der Waals surface area contributed by atoms with Crippen LogP contribution in [0.2, 0.25) is 5.02 Å². The van der Waals surface area contributed by atoms with Crippen molar-refractivity contribution in [3.8, 4) is 5.75 Å². The van der Waals surface area contributed by atoms with Gasteiger partial charge in [0, 0.05) is 5.56 Å². The minimum atomic E-state index is 0. The molecule has 0 spiro atoms. The Hall–Kier alpha value is -0.773. The molecule has 2 atom stereocenters. The van der Waals surface area contributed by atoms with Gasteiger partial charge in [-0.2, -0.15) is 0 Å². The quantitative estimate of drug-likeness (QED) is 0.351. The van der Waals surface area contributed by atoms with Gasteiger partial charge in [-0.1, -0.05) is 62.9 Å². The van der Waals surface area contributed by atoms with E-state index in [-0.39, 0.29) is 33.0 Å². The normalized spacial score (nSPS) is 12.0. The second kappa shape index (κ2) is 12.7. The predicted molar refractivity (Wildman–Crippen MR) is 126 cm³/mol. The maximum atomic E-state index is 12.7. The SMILES string of the molecule is CCCCC(CC)COc1ccc(PC(=O)c2c(C)cccc2Cl)c(C)c1.[LiH]. The molecule has 28 heavy (non-hydrogen) atoms. The number of aryl methyl sites for hydroxylation is 2. The summed E-state index contributed by atoms with van der Waals surface area (Å²) in [4.78, 5) is 12.7. The van der Waals surface area contributed by atoms with Gasteiger partial charge in [-0.15, -0.1) is 0 Å². The topological polar surface area (TPSA) is 26.3 Å². The number of carbonyl (C=O) groups excluding carboxylic acids is 1. The number of halogens is 1. The van der Waals surface area contributed by atoms with Crippen molar-refractivity contribution in [2.24, 2.45) is 5.92 Å². The average Bonchev–Trinajstić information content (AvgIpc) is 2.64. The first-order chi connectivity index (χ1) is 13.0. The molecule has 5 heteroatoms. The molecule has 0 aromatic heterocycles. The number of unbranched alkanes of at least 4 members (excludes halogenated alkanes) is 1. The van der Waals surface area contributed by atoms with Crippen molar-refractivity contribution >= 4 is 49.9 Å². The van der Waals surface area contributed by atoms with Gasteiger partial charge in [0.2, 0.25) is 0 Å². The van der Waals surface area contributed by atoms with Gasteiger partial charge >= 0.3 is 18.9 Å². The van der Waals surface area contributed by atoms with E-state index in [1.807, 2.05) is 44.2 Å². The molecule has 0 amide bonds. The molecule has 0 bridgehead atoms. The Kier molecular flexibility index (Phi) is 11.5. The number of carbonyl (C=O) groups is 1. The molecule has 2 unspecified atom stereocenters. The Morgan fingerprint density at radius 3 is 2.50 bits per heavy atom. The molecule has 2 rings (SSSR count). The van der Waals surface area contributed by atoms with Gasteiger partial charge in [-0.3, -0.25) is 4.79 Å². The summed E-state index contributed by atoms with van der Waals surface area (Å²) < 4.78 is 6.02. The summed E-state index contributed by atoms with van der Waals surface area (Å²) in [7, 11) is 0.0621. The van der Waals surface area contributed by atoms with E-state index >= 15 is 0 Å². The van der Waals surface area contributed by atoms with E-state index in [1.54, 1.807) is 6.07 Å². The van der Waals surface area contributed by atoms with Gasteiger partial charge in [-0.25, -0.2) is 0 Å². The van der Waals surface area contributed by atoms with Crippen molar-refractivity contribution < 1.29 is 9.53 Å². The fourth-order valence-electron chi connectivity index (χ4n) is 3.08. The van der Waals surface area contributed by atoms with Crippen LogP contribution in [0.15, 0.2) is 36.4 Å². The first kappa shape index (κ1) is 25.3. The summed E-state index contributed by atoms with van der Waals surface area (Å²) in [5, 5.41) is 1.58. The third kappa shape index (κ3) is 7.24. The Bertz CT molecular complexity index is 759. The zero-order chi connectivity index (χ0) is 19.8. The van der Waals surface area contributed by atoms with Gasteiger partial charge in [0.1, 0.15) is 5.75 Å². The summed E-state index contributed by atoms with van der Waals surface area (Å²) in [5.74, 6) is 1.49. The van der Waals surface area contributed by atoms with Gasteiger partial charge in [0.05, 0.1) is 11.6 Å². The van der Waals surface area contributed by atoms with Gasteiger partial charge in [0.15, 0.2) is 5.52 Å². The van der Waals surface area contributed by atoms with Crippen LogP contribution >= 0.6 is 20.2 Å². The molecule has 0 aliphatic rings. The molecule has 0 heterocycles. The van der Waals surface area contributed by atoms with Crippen LogP contribution < -0.4 is 10.0 Å². The zero-order valence-corrected chi connectivity index (χ0v) is 18.5. The molecule has 0 fully saturated rings. The molecule has 0 radical (unpaired) electrons. The monoisotopic (exact) mass is 412 g/mol. The van der Waals surface area contributed by atoms with Crippen molar-refractivity contribution in [1.82, 2.24) is 0 Å². The molecule has 2 aromatic rings. The summed E-state index contributed by atoms with van der Waals surface area (Å²) in [6.07, 6.45) is 4.84. The summed E-state index contributed by atoms with van der Waals surface area (Å²) in [6, 6.07) is 11.6. The Balaban J connectivity index is 0.00000392. The molecular weight excluding hydrogens is 382 g/mol. The molecule has 0 N–H and O–H groups in total. The maximum absolute atomic E-state index is 12.7. The molecule has 148 valence electrons. The Labute approximate surface area is 188 Å². The first-order valence-corrected chi connectivity index (χ1v) is 11.1. The van der Waals surface area contributed by atoms with Crippen LogP contribution in [-0.4, -0.2) is 31.0 Å². The van der Waals surface area contributed by atoms with Crippen molar-refractivity contribution in [2.75, 3.05) is 6.61 Å². The number of rotatable bonds is 10. The third-order valence-corrected chi connectivity index (χ3v) is 6.55. The molecule has 0 saturated carbocycles. The van der Waals surface area contributed by atoms with Crippen LogP contribution in [0.4, 0.5) is 0 Å². The van der Waals surface area contributed by atoms with Crippen LogP contribution in [-0.2, 0) is 0 Å². The molecule has 2 nitrogen and oxygen atoms in total. The summed E-state index contributed by atoms with van der Waals surface area (Å²) in [6.45, 7) is 9.17. The van der Waals surface area contributed by atoms with Gasteiger partial charge < -0.3 is 4.74 Å². The molecule has 0 aliphatic carbocycles. The number of hydrogen-bond acceptors (Lipinski definition) is 2. The second-order valence-electron chi connectivity index (χ2n) is 7.09. The van der Waals surface area contributed by atoms with E-state index in [0.29, 0.717) is 16.5 Å². The van der Waals surface area contributed by atoms with E-state index in [9.17, 15) is 4.79 Å². The summed E-state index contributed by atoms with van der Waals surface area (Å²) >= 11 is 6.24. The van der Waals surface area contributed by atoms with E-state index in [2.05, 4.69) is 13.8 Å². The Morgan fingerprint density at radius 1 is 1.14 bits per heavy atom. The minimum absolute atomic E-state index is 0. The van der Waals surface area contributed by atoms with E-state index in [0.717, 1.165) is 35.2 Å². The average molecular weight is 413 g/mol. The summed E-state index contributed by atoms with van der Waals surface area (Å²) in [5.41, 5.74) is 2.74. The Morgan fingerprint density at radius 2 is 1.89 bits per heavy atom. The van der Waals surface area contributed by atoms with Gasteiger partial charge in [0.25, 0.3) is 0 Å². The van der Waals surface area contributed by atoms with Gasteiger partial charge in [-0.05, 0) is 69.4 Å².